The number of anilines is 2. The summed E-state index contributed by atoms with van der Waals surface area (Å²) in [5, 5.41) is 30.3. The Kier molecular flexibility index (Phi) is 11.0. The summed E-state index contributed by atoms with van der Waals surface area (Å²) in [5.74, 6) is -1.53. The van der Waals surface area contributed by atoms with E-state index in [-0.39, 0.29) is 36.8 Å². The Balaban J connectivity index is 2.34. The molecule has 1 atom stereocenters. The molecule has 0 aliphatic heterocycles. The molecule has 0 saturated carbocycles. The fourth-order valence-electron chi connectivity index (χ4n) is 2.58. The van der Waals surface area contributed by atoms with Gasteiger partial charge in [0.25, 0.3) is 5.91 Å². The first-order chi connectivity index (χ1) is 15.8. The molecule has 0 heterocycles. The molecule has 0 fully saturated rings. The number of nitrogens with zero attached hydrogens (tertiary/aromatic N) is 2. The molecule has 0 saturated heterocycles. The SMILES string of the molecule is CN(C=Nc1ccc(C(=O)NOCCO)c(Nc2ccc(Br)cc2Cl)c1F)CCC(O)CO. The Morgan fingerprint density at radius 2 is 2.12 bits per heavy atom. The number of carbonyl (C=O) groups is 1. The lowest BCUT2D eigenvalue weighted by molar-refractivity contribution is 0.0169. The maximum Gasteiger partial charge on any atom is 0.277 e. The molecule has 180 valence electrons. The van der Waals surface area contributed by atoms with Gasteiger partial charge >= 0.3 is 0 Å². The maximum atomic E-state index is 15.4. The molecule has 2 aromatic carbocycles. The van der Waals surface area contributed by atoms with Gasteiger partial charge in [0.2, 0.25) is 0 Å². The monoisotopic (exact) mass is 546 g/mol. The predicted molar refractivity (Wildman–Crippen MR) is 128 cm³/mol. The molecule has 0 aliphatic rings. The van der Waals surface area contributed by atoms with Crippen LogP contribution in [0.1, 0.15) is 16.8 Å². The highest BCUT2D eigenvalue weighted by atomic mass is 79.9. The molecule has 12 heteroatoms. The van der Waals surface area contributed by atoms with Crippen LogP contribution in [0.15, 0.2) is 39.8 Å². The minimum absolute atomic E-state index is 0.0480. The van der Waals surface area contributed by atoms with Gasteiger partial charge in [-0.25, -0.2) is 14.9 Å². The Morgan fingerprint density at radius 3 is 2.79 bits per heavy atom. The standard InChI is InChI=1S/C21H25BrClFN4O5/c1-28(7-6-14(31)11-30)12-25-18-5-3-15(21(32)27-33-9-8-29)20(19(18)24)26-17-4-2-13(22)10-16(17)23/h2-5,10,12,14,26,29-31H,6-9,11H2,1H3,(H,27,32). The molecular formula is C21H25BrClFN4O5. The van der Waals surface area contributed by atoms with Crippen molar-refractivity contribution in [3.05, 3.63) is 51.2 Å². The number of benzene rings is 2. The molecule has 1 unspecified atom stereocenters. The van der Waals surface area contributed by atoms with Crippen LogP contribution in [0.5, 0.6) is 0 Å². The van der Waals surface area contributed by atoms with Crippen LogP contribution in [0.3, 0.4) is 0 Å². The first-order valence-electron chi connectivity index (χ1n) is 9.87. The summed E-state index contributed by atoms with van der Waals surface area (Å²) < 4.78 is 16.1. The number of carbonyl (C=O) groups excluding carboxylic acids is 1. The Hall–Kier alpha value is -2.28. The van der Waals surface area contributed by atoms with E-state index in [2.05, 4.69) is 31.7 Å². The third-order valence-corrected chi connectivity index (χ3v) is 5.14. The topological polar surface area (TPSA) is 127 Å². The quantitative estimate of drug-likeness (QED) is 0.120. The van der Waals surface area contributed by atoms with Gasteiger partial charge in [-0.2, -0.15) is 0 Å². The van der Waals surface area contributed by atoms with E-state index < -0.39 is 17.8 Å². The number of hydroxylamine groups is 1. The lowest BCUT2D eigenvalue weighted by atomic mass is 10.1. The van der Waals surface area contributed by atoms with E-state index in [1.807, 2.05) is 0 Å². The van der Waals surface area contributed by atoms with Gasteiger partial charge < -0.3 is 25.5 Å². The van der Waals surface area contributed by atoms with Crippen LogP contribution in [-0.2, 0) is 4.84 Å². The Morgan fingerprint density at radius 1 is 1.36 bits per heavy atom. The lowest BCUT2D eigenvalue weighted by Gasteiger charge is -2.17. The summed E-state index contributed by atoms with van der Waals surface area (Å²) in [6.45, 7) is -0.395. The number of halogens is 3. The van der Waals surface area contributed by atoms with Crippen LogP contribution in [0, 0.1) is 5.82 Å². The van der Waals surface area contributed by atoms with E-state index in [9.17, 15) is 9.90 Å². The lowest BCUT2D eigenvalue weighted by Crippen LogP contribution is -2.26. The van der Waals surface area contributed by atoms with Crippen LogP contribution < -0.4 is 10.8 Å². The third kappa shape index (κ3) is 8.22. The highest BCUT2D eigenvalue weighted by Gasteiger charge is 2.20. The molecule has 1 amide bonds. The van der Waals surface area contributed by atoms with E-state index in [1.165, 1.54) is 18.5 Å². The normalized spacial score (nSPS) is 12.1. The molecule has 9 nitrogen and oxygen atoms in total. The zero-order valence-electron chi connectivity index (χ0n) is 17.8. The molecule has 5 N–H and O–H groups in total. The minimum Gasteiger partial charge on any atom is -0.394 e. The van der Waals surface area contributed by atoms with Crippen LogP contribution >= 0.6 is 27.5 Å². The molecular weight excluding hydrogens is 523 g/mol. The van der Waals surface area contributed by atoms with Crippen LogP contribution in [-0.4, -0.2) is 72.0 Å². The van der Waals surface area contributed by atoms with Gasteiger partial charge in [-0.3, -0.25) is 9.63 Å². The van der Waals surface area contributed by atoms with Gasteiger partial charge in [0.05, 0.1) is 54.2 Å². The van der Waals surface area contributed by atoms with Gasteiger partial charge in [0, 0.05) is 18.1 Å². The van der Waals surface area contributed by atoms with Crippen molar-refractivity contribution in [2.45, 2.75) is 12.5 Å². The average Bonchev–Trinajstić information content (AvgIpc) is 2.79. The van der Waals surface area contributed by atoms with Gasteiger partial charge in [-0.15, -0.1) is 0 Å². The number of aliphatic imine (C=N–C) groups is 1. The highest BCUT2D eigenvalue weighted by molar-refractivity contribution is 9.10. The van der Waals surface area contributed by atoms with Crippen molar-refractivity contribution in [2.75, 3.05) is 38.7 Å². The van der Waals surface area contributed by atoms with Crippen molar-refractivity contribution in [3.8, 4) is 0 Å². The number of hydrogen-bond acceptors (Lipinski definition) is 7. The second kappa shape index (κ2) is 13.4. The van der Waals surface area contributed by atoms with Gasteiger partial charge in [0.1, 0.15) is 5.69 Å². The number of hydrogen-bond donors (Lipinski definition) is 5. The molecule has 2 rings (SSSR count). The number of aliphatic hydroxyl groups is 3. The van der Waals surface area contributed by atoms with Crippen molar-refractivity contribution >= 4 is 56.8 Å². The van der Waals surface area contributed by atoms with Crippen molar-refractivity contribution < 1.29 is 29.3 Å². The summed E-state index contributed by atoms with van der Waals surface area (Å²) in [6.07, 6.45) is 0.835. The number of nitrogens with one attached hydrogen (secondary N) is 2. The summed E-state index contributed by atoms with van der Waals surface area (Å²) in [4.78, 5) is 23.1. The molecule has 0 radical (unpaired) electrons. The summed E-state index contributed by atoms with van der Waals surface area (Å²) >= 11 is 9.54. The zero-order valence-corrected chi connectivity index (χ0v) is 20.1. The Labute approximate surface area is 203 Å². The van der Waals surface area contributed by atoms with E-state index in [4.69, 9.17) is 26.7 Å². The largest absolute Gasteiger partial charge is 0.394 e. The summed E-state index contributed by atoms with van der Waals surface area (Å²) in [6, 6.07) is 7.64. The van der Waals surface area contributed by atoms with Crippen LogP contribution in [0.2, 0.25) is 5.02 Å². The summed E-state index contributed by atoms with van der Waals surface area (Å²) in [5.41, 5.74) is 2.22. The highest BCUT2D eigenvalue weighted by Crippen LogP contribution is 2.34. The van der Waals surface area contributed by atoms with Crippen LogP contribution in [0.4, 0.5) is 21.5 Å². The molecule has 0 aliphatic carbocycles. The second-order valence-electron chi connectivity index (χ2n) is 6.92. The number of aliphatic hydroxyl groups excluding tert-OH is 3. The first-order valence-corrected chi connectivity index (χ1v) is 11.0. The van der Waals surface area contributed by atoms with Crippen molar-refractivity contribution in [1.82, 2.24) is 10.4 Å². The molecule has 33 heavy (non-hydrogen) atoms. The predicted octanol–water partition coefficient (Wildman–Crippen LogP) is 2.97. The second-order valence-corrected chi connectivity index (χ2v) is 8.25. The maximum absolute atomic E-state index is 15.4. The van der Waals surface area contributed by atoms with E-state index in [1.54, 1.807) is 30.1 Å². The fourth-order valence-corrected chi connectivity index (χ4v) is 3.30. The minimum atomic E-state index is -0.852. The summed E-state index contributed by atoms with van der Waals surface area (Å²) in [7, 11) is 1.69. The molecule has 2 aromatic rings. The van der Waals surface area contributed by atoms with E-state index in [0.29, 0.717) is 23.7 Å². The van der Waals surface area contributed by atoms with E-state index in [0.717, 1.165) is 4.47 Å². The zero-order chi connectivity index (χ0) is 24.4. The molecule has 0 aromatic heterocycles. The number of rotatable bonds is 12. The number of amides is 1. The first kappa shape index (κ1) is 27.0. The fraction of sp³-hybridized carbons (Fsp3) is 0.333. The molecule has 0 spiro atoms. The van der Waals surface area contributed by atoms with Gasteiger partial charge in [-0.05, 0) is 36.8 Å². The smallest absolute Gasteiger partial charge is 0.277 e. The van der Waals surface area contributed by atoms with Crippen molar-refractivity contribution in [3.63, 3.8) is 0 Å². The van der Waals surface area contributed by atoms with Crippen molar-refractivity contribution in [2.24, 2.45) is 4.99 Å². The Bertz CT molecular complexity index is 982. The van der Waals surface area contributed by atoms with E-state index >= 15 is 4.39 Å². The average molecular weight is 548 g/mol. The van der Waals surface area contributed by atoms with Crippen LogP contribution in [0.25, 0.3) is 0 Å². The van der Waals surface area contributed by atoms with Crippen molar-refractivity contribution in [1.29, 1.82) is 0 Å². The third-order valence-electron chi connectivity index (χ3n) is 4.33. The van der Waals surface area contributed by atoms with Gasteiger partial charge in [-0.1, -0.05) is 27.5 Å². The van der Waals surface area contributed by atoms with Gasteiger partial charge in [0.15, 0.2) is 5.82 Å². The molecule has 0 bridgehead atoms.